The van der Waals surface area contributed by atoms with Crippen molar-refractivity contribution in [3.05, 3.63) is 41.6 Å². The number of nitrogens with one attached hydrogen (secondary N) is 1. The van der Waals surface area contributed by atoms with Crippen molar-refractivity contribution in [3.8, 4) is 11.5 Å². The van der Waals surface area contributed by atoms with Crippen LogP contribution in [0.3, 0.4) is 0 Å². The number of carbonyl (C=O) groups is 1. The summed E-state index contributed by atoms with van der Waals surface area (Å²) in [5.74, 6) is -0.271. The van der Waals surface area contributed by atoms with Crippen LogP contribution < -0.4 is 5.32 Å². The summed E-state index contributed by atoms with van der Waals surface area (Å²) < 4.78 is 5.19. The fourth-order valence-corrected chi connectivity index (χ4v) is 1.45. The van der Waals surface area contributed by atoms with E-state index in [1.54, 1.807) is 13.1 Å². The van der Waals surface area contributed by atoms with Gasteiger partial charge in [0.15, 0.2) is 11.5 Å². The second-order valence-electron chi connectivity index (χ2n) is 3.72. The largest absolute Gasteiger partial charge is 0.504 e. The highest BCUT2D eigenvalue weighted by Crippen LogP contribution is 2.27. The minimum Gasteiger partial charge on any atom is -0.504 e. The Bertz CT molecular complexity index is 577. The zero-order valence-electron chi connectivity index (χ0n) is 9.67. The summed E-state index contributed by atoms with van der Waals surface area (Å²) in [4.78, 5) is 15.7. The Morgan fingerprint density at radius 1 is 1.44 bits per heavy atom. The number of hydrogen-bond acceptors (Lipinski definition) is 5. The van der Waals surface area contributed by atoms with Gasteiger partial charge in [-0.05, 0) is 19.1 Å². The van der Waals surface area contributed by atoms with Gasteiger partial charge in [0.05, 0.1) is 18.3 Å². The van der Waals surface area contributed by atoms with Gasteiger partial charge in [-0.15, -0.1) is 0 Å². The molecule has 18 heavy (non-hydrogen) atoms. The van der Waals surface area contributed by atoms with Crippen molar-refractivity contribution in [2.45, 2.75) is 13.5 Å². The van der Waals surface area contributed by atoms with Crippen LogP contribution in [0.5, 0.6) is 11.5 Å². The van der Waals surface area contributed by atoms with Gasteiger partial charge in [-0.1, -0.05) is 6.07 Å². The van der Waals surface area contributed by atoms with Crippen LogP contribution >= 0.6 is 0 Å². The van der Waals surface area contributed by atoms with Crippen LogP contribution in [0.25, 0.3) is 0 Å². The highest BCUT2D eigenvalue weighted by molar-refractivity contribution is 5.97. The Morgan fingerprint density at radius 2 is 2.22 bits per heavy atom. The number of carbonyl (C=O) groups excluding carboxylic acids is 1. The summed E-state index contributed by atoms with van der Waals surface area (Å²) in [7, 11) is 0. The molecule has 6 heteroatoms. The lowest BCUT2D eigenvalue weighted by Crippen LogP contribution is -2.23. The van der Waals surface area contributed by atoms with E-state index in [1.807, 2.05) is 0 Å². The number of oxazole rings is 1. The van der Waals surface area contributed by atoms with Crippen LogP contribution in [0.1, 0.15) is 22.0 Å². The van der Waals surface area contributed by atoms with Gasteiger partial charge in [-0.3, -0.25) is 4.79 Å². The smallest absolute Gasteiger partial charge is 0.255 e. The molecule has 2 aromatic rings. The SMILES string of the molecule is Cc1cnc(CNC(=O)c2cccc(O)c2O)o1. The van der Waals surface area contributed by atoms with Gasteiger partial charge >= 0.3 is 0 Å². The first-order valence-electron chi connectivity index (χ1n) is 5.28. The average Bonchev–Trinajstić information content (AvgIpc) is 2.76. The molecule has 0 bridgehead atoms. The molecule has 94 valence electrons. The second kappa shape index (κ2) is 4.79. The third-order valence-corrected chi connectivity index (χ3v) is 2.33. The number of aromatic hydroxyl groups is 2. The van der Waals surface area contributed by atoms with Crippen LogP contribution in [-0.2, 0) is 6.54 Å². The van der Waals surface area contributed by atoms with Gasteiger partial charge in [-0.2, -0.15) is 0 Å². The molecular formula is C12H12N2O4. The second-order valence-corrected chi connectivity index (χ2v) is 3.72. The maximum Gasteiger partial charge on any atom is 0.255 e. The van der Waals surface area contributed by atoms with Crippen LogP contribution in [0.15, 0.2) is 28.8 Å². The lowest BCUT2D eigenvalue weighted by molar-refractivity contribution is 0.0943. The average molecular weight is 248 g/mol. The molecule has 0 aliphatic heterocycles. The van der Waals surface area contributed by atoms with Gasteiger partial charge in [0.1, 0.15) is 5.76 Å². The van der Waals surface area contributed by atoms with Crippen molar-refractivity contribution >= 4 is 5.91 Å². The maximum atomic E-state index is 11.7. The van der Waals surface area contributed by atoms with Crippen molar-refractivity contribution in [1.82, 2.24) is 10.3 Å². The predicted octanol–water partition coefficient (Wildman–Crippen LogP) is 1.32. The van der Waals surface area contributed by atoms with Crippen molar-refractivity contribution < 1.29 is 19.4 Å². The Hall–Kier alpha value is -2.50. The Morgan fingerprint density at radius 3 is 2.89 bits per heavy atom. The monoisotopic (exact) mass is 248 g/mol. The molecule has 0 saturated heterocycles. The number of para-hydroxylation sites is 1. The number of aromatic nitrogens is 1. The Labute approximate surface area is 103 Å². The van der Waals surface area contributed by atoms with E-state index in [0.29, 0.717) is 11.7 Å². The number of benzene rings is 1. The number of phenolic OH excluding ortho intramolecular Hbond substituents is 2. The number of aryl methyl sites for hydroxylation is 1. The van der Waals surface area contributed by atoms with E-state index < -0.39 is 11.7 Å². The lowest BCUT2D eigenvalue weighted by Gasteiger charge is -2.05. The van der Waals surface area contributed by atoms with E-state index in [1.165, 1.54) is 18.2 Å². The van der Waals surface area contributed by atoms with Gasteiger partial charge in [0, 0.05) is 0 Å². The highest BCUT2D eigenvalue weighted by Gasteiger charge is 2.14. The molecule has 0 unspecified atom stereocenters. The molecule has 0 aliphatic carbocycles. The molecule has 0 spiro atoms. The standard InChI is InChI=1S/C12H12N2O4/c1-7-5-13-10(18-7)6-14-12(17)8-3-2-4-9(15)11(8)16/h2-5,15-16H,6H2,1H3,(H,14,17). The number of phenols is 2. The van der Waals surface area contributed by atoms with Crippen molar-refractivity contribution in [2.24, 2.45) is 0 Å². The van der Waals surface area contributed by atoms with E-state index in [2.05, 4.69) is 10.3 Å². The molecule has 0 saturated carbocycles. The molecule has 1 aromatic carbocycles. The van der Waals surface area contributed by atoms with Crippen molar-refractivity contribution in [1.29, 1.82) is 0 Å². The van der Waals surface area contributed by atoms with Crippen LogP contribution in [-0.4, -0.2) is 21.1 Å². The van der Waals surface area contributed by atoms with Crippen molar-refractivity contribution in [2.75, 3.05) is 0 Å². The molecular weight excluding hydrogens is 236 g/mol. The van der Waals surface area contributed by atoms with Gasteiger partial charge < -0.3 is 19.9 Å². The highest BCUT2D eigenvalue weighted by atomic mass is 16.4. The normalized spacial score (nSPS) is 10.3. The summed E-state index contributed by atoms with van der Waals surface area (Å²) in [6.07, 6.45) is 1.55. The molecule has 0 aliphatic rings. The minimum absolute atomic E-state index is 0.00159. The van der Waals surface area contributed by atoms with E-state index in [9.17, 15) is 15.0 Å². The van der Waals surface area contributed by atoms with Crippen LogP contribution in [0, 0.1) is 6.92 Å². The predicted molar refractivity (Wildman–Crippen MR) is 62.2 cm³/mol. The topological polar surface area (TPSA) is 95.6 Å². The van der Waals surface area contributed by atoms with Crippen LogP contribution in [0.2, 0.25) is 0 Å². The zero-order valence-corrected chi connectivity index (χ0v) is 9.67. The first kappa shape index (κ1) is 12.0. The fourth-order valence-electron chi connectivity index (χ4n) is 1.45. The first-order chi connectivity index (χ1) is 8.58. The van der Waals surface area contributed by atoms with Gasteiger partial charge in [0.25, 0.3) is 5.91 Å². The Balaban J connectivity index is 2.06. The molecule has 1 heterocycles. The van der Waals surface area contributed by atoms with Gasteiger partial charge in [-0.25, -0.2) is 4.98 Å². The molecule has 6 nitrogen and oxygen atoms in total. The summed E-state index contributed by atoms with van der Waals surface area (Å²) in [6.45, 7) is 1.86. The number of hydrogen-bond donors (Lipinski definition) is 3. The molecule has 3 N–H and O–H groups in total. The summed E-state index contributed by atoms with van der Waals surface area (Å²) in [5, 5.41) is 21.3. The number of rotatable bonds is 3. The summed E-state index contributed by atoms with van der Waals surface area (Å²) in [5.41, 5.74) is -0.00159. The minimum atomic E-state index is -0.515. The fraction of sp³-hybridized carbons (Fsp3) is 0.167. The maximum absolute atomic E-state index is 11.7. The third-order valence-electron chi connectivity index (χ3n) is 2.33. The number of amides is 1. The van der Waals surface area contributed by atoms with E-state index in [0.717, 1.165) is 0 Å². The molecule has 2 rings (SSSR count). The first-order valence-corrected chi connectivity index (χ1v) is 5.28. The molecule has 0 fully saturated rings. The zero-order chi connectivity index (χ0) is 13.1. The van der Waals surface area contributed by atoms with Crippen LogP contribution in [0.4, 0.5) is 0 Å². The molecule has 1 aromatic heterocycles. The summed E-state index contributed by atoms with van der Waals surface area (Å²) >= 11 is 0. The quantitative estimate of drug-likeness (QED) is 0.712. The Kier molecular flexibility index (Phi) is 3.18. The molecule has 1 amide bonds. The molecule has 0 radical (unpaired) electrons. The van der Waals surface area contributed by atoms with Gasteiger partial charge in [0.2, 0.25) is 5.89 Å². The van der Waals surface area contributed by atoms with E-state index in [4.69, 9.17) is 4.42 Å². The lowest BCUT2D eigenvalue weighted by atomic mass is 10.1. The molecule has 0 atom stereocenters. The van der Waals surface area contributed by atoms with E-state index in [-0.39, 0.29) is 17.9 Å². The van der Waals surface area contributed by atoms with E-state index >= 15 is 0 Å². The third kappa shape index (κ3) is 2.42. The summed E-state index contributed by atoms with van der Waals surface area (Å²) in [6, 6.07) is 4.17. The number of nitrogens with zero attached hydrogens (tertiary/aromatic N) is 1. The van der Waals surface area contributed by atoms with Crippen molar-refractivity contribution in [3.63, 3.8) is 0 Å².